The molecule has 0 rings (SSSR count). The van der Waals surface area contributed by atoms with Gasteiger partial charge in [-0.15, -0.1) is 0 Å². The molecule has 0 fully saturated rings. The van der Waals surface area contributed by atoms with E-state index in [2.05, 4.69) is 62.0 Å². The molecule has 0 radical (unpaired) electrons. The van der Waals surface area contributed by atoms with Crippen LogP contribution in [0.25, 0.3) is 0 Å². The lowest BCUT2D eigenvalue weighted by Crippen LogP contribution is -2.37. The average Bonchev–Trinajstić information content (AvgIpc) is 1.70. The lowest BCUT2D eigenvalue weighted by Gasteiger charge is -2.43. The van der Waals surface area contributed by atoms with Crippen LogP contribution < -0.4 is 0 Å². The Morgan fingerprint density at radius 2 is 1.38 bits per heavy atom. The summed E-state index contributed by atoms with van der Waals surface area (Å²) in [7, 11) is 0. The van der Waals surface area contributed by atoms with Crippen molar-refractivity contribution < 1.29 is 0 Å². The third-order valence-electron chi connectivity index (χ3n) is 2.74. The maximum Gasteiger partial charge on any atom is 0.0143 e. The van der Waals surface area contributed by atoms with Crippen LogP contribution in [0.1, 0.15) is 61.8 Å². The Morgan fingerprint density at radius 1 is 1.00 bits per heavy atom. The predicted molar refractivity (Wildman–Crippen MR) is 79.2 cm³/mol. The van der Waals surface area contributed by atoms with Crippen LogP contribution in [-0.4, -0.2) is 4.75 Å². The fourth-order valence-corrected chi connectivity index (χ4v) is 3.52. The van der Waals surface area contributed by atoms with Gasteiger partial charge in [0.05, 0.1) is 0 Å². The first-order valence-corrected chi connectivity index (χ1v) is 6.60. The third-order valence-corrected chi connectivity index (χ3v) is 3.00. The lowest BCUT2D eigenvalue weighted by atomic mass is 9.67. The molecule has 0 aromatic carbocycles. The zero-order chi connectivity index (χ0) is 13.4. The zero-order valence-electron chi connectivity index (χ0n) is 12.4. The number of hydrogen-bond acceptors (Lipinski definition) is 1. The van der Waals surface area contributed by atoms with E-state index in [9.17, 15) is 0 Å². The van der Waals surface area contributed by atoms with Crippen LogP contribution in [0, 0.1) is 16.7 Å². The smallest absolute Gasteiger partial charge is 0.0143 e. The summed E-state index contributed by atoms with van der Waals surface area (Å²) < 4.78 is -0.0133. The van der Waals surface area contributed by atoms with Crippen molar-refractivity contribution in [3.8, 4) is 0 Å². The quantitative estimate of drug-likeness (QED) is 0.500. The van der Waals surface area contributed by atoms with Gasteiger partial charge in [0, 0.05) is 4.75 Å². The fraction of sp³-hybridized carbons (Fsp3) is 0.867. The van der Waals surface area contributed by atoms with E-state index in [0.717, 1.165) is 6.42 Å². The zero-order valence-corrected chi connectivity index (χ0v) is 13.3. The molecule has 0 aliphatic rings. The Balaban J connectivity index is 5.03. The first kappa shape index (κ1) is 16.1. The minimum atomic E-state index is -0.0133. The van der Waals surface area contributed by atoms with Gasteiger partial charge in [0.25, 0.3) is 0 Å². The highest BCUT2D eigenvalue weighted by atomic mass is 32.1. The van der Waals surface area contributed by atoms with Crippen molar-refractivity contribution in [2.24, 2.45) is 16.7 Å². The van der Waals surface area contributed by atoms with E-state index in [-0.39, 0.29) is 10.2 Å². The monoisotopic (exact) mass is 242 g/mol. The minimum absolute atomic E-state index is 0.0133. The maximum atomic E-state index is 4.77. The highest BCUT2D eigenvalue weighted by Crippen LogP contribution is 2.45. The predicted octanol–water partition coefficient (Wildman–Crippen LogP) is 5.35. The molecule has 1 atom stereocenters. The van der Waals surface area contributed by atoms with Crippen LogP contribution in [0.4, 0.5) is 0 Å². The van der Waals surface area contributed by atoms with Crippen molar-refractivity contribution in [1.29, 1.82) is 0 Å². The van der Waals surface area contributed by atoms with Gasteiger partial charge >= 0.3 is 0 Å². The number of thiol groups is 1. The first-order valence-electron chi connectivity index (χ1n) is 6.15. The molecule has 0 aromatic heterocycles. The number of hydrogen-bond donors (Lipinski definition) is 1. The number of allylic oxidation sites excluding steroid dienone is 1. The van der Waals surface area contributed by atoms with Gasteiger partial charge in [0.1, 0.15) is 0 Å². The summed E-state index contributed by atoms with van der Waals surface area (Å²) in [6, 6.07) is 0. The second-order valence-corrected chi connectivity index (χ2v) is 9.00. The molecule has 0 N–H and O–H groups in total. The SMILES string of the molecule is C=C(CC(C)(C)C)C(C(C)(C)C)C(C)(C)S. The first-order chi connectivity index (χ1) is 6.75. The van der Waals surface area contributed by atoms with Gasteiger partial charge in [-0.05, 0) is 23.2 Å². The van der Waals surface area contributed by atoms with E-state index in [1.165, 1.54) is 5.57 Å². The summed E-state index contributed by atoms with van der Waals surface area (Å²) in [6.45, 7) is 22.4. The molecule has 16 heavy (non-hydrogen) atoms. The van der Waals surface area contributed by atoms with Crippen molar-refractivity contribution in [2.75, 3.05) is 0 Å². The second kappa shape index (κ2) is 4.76. The molecule has 0 spiro atoms. The molecular weight excluding hydrogens is 212 g/mol. The summed E-state index contributed by atoms with van der Waals surface area (Å²) in [5.74, 6) is 0.433. The van der Waals surface area contributed by atoms with Gasteiger partial charge in [-0.2, -0.15) is 12.6 Å². The van der Waals surface area contributed by atoms with E-state index in [0.29, 0.717) is 11.3 Å². The van der Waals surface area contributed by atoms with E-state index < -0.39 is 0 Å². The summed E-state index contributed by atoms with van der Waals surface area (Å²) in [5, 5.41) is 0. The third kappa shape index (κ3) is 5.43. The summed E-state index contributed by atoms with van der Waals surface area (Å²) >= 11 is 4.77. The molecule has 1 heteroatoms. The minimum Gasteiger partial charge on any atom is -0.172 e. The molecule has 1 unspecified atom stereocenters. The van der Waals surface area contributed by atoms with Crippen molar-refractivity contribution >= 4 is 12.6 Å². The normalized spacial score (nSPS) is 16.1. The Bertz CT molecular complexity index is 228. The summed E-state index contributed by atoms with van der Waals surface area (Å²) in [4.78, 5) is 0. The molecule has 0 aromatic rings. The Kier molecular flexibility index (Phi) is 4.79. The molecule has 0 aliphatic heterocycles. The molecule has 0 saturated heterocycles. The highest BCUT2D eigenvalue weighted by Gasteiger charge is 2.38. The van der Waals surface area contributed by atoms with Gasteiger partial charge in [0.15, 0.2) is 0 Å². The van der Waals surface area contributed by atoms with Crippen molar-refractivity contribution in [3.05, 3.63) is 12.2 Å². The van der Waals surface area contributed by atoms with Gasteiger partial charge in [-0.3, -0.25) is 0 Å². The molecule has 96 valence electrons. The topological polar surface area (TPSA) is 0 Å². The molecule has 0 saturated carbocycles. The van der Waals surface area contributed by atoms with E-state index in [4.69, 9.17) is 12.6 Å². The lowest BCUT2D eigenvalue weighted by molar-refractivity contribution is 0.221. The van der Waals surface area contributed by atoms with Crippen LogP contribution in [0.15, 0.2) is 12.2 Å². The standard InChI is InChI=1S/C15H30S/c1-11(10-13(2,3)4)12(14(5,6)7)15(8,9)16/h12,16H,1,10H2,2-9H3. The molecular formula is C15H30S. The summed E-state index contributed by atoms with van der Waals surface area (Å²) in [5.41, 5.74) is 1.85. The van der Waals surface area contributed by atoms with Crippen molar-refractivity contribution in [1.82, 2.24) is 0 Å². The van der Waals surface area contributed by atoms with E-state index in [1.807, 2.05) is 0 Å². The Labute approximate surface area is 108 Å². The molecule has 0 nitrogen and oxygen atoms in total. The Morgan fingerprint density at radius 3 is 1.56 bits per heavy atom. The van der Waals surface area contributed by atoms with Gasteiger partial charge in [0.2, 0.25) is 0 Å². The molecule has 0 aliphatic carbocycles. The largest absolute Gasteiger partial charge is 0.172 e. The van der Waals surface area contributed by atoms with Crippen LogP contribution >= 0.6 is 12.6 Å². The van der Waals surface area contributed by atoms with E-state index in [1.54, 1.807) is 0 Å². The Hall–Kier alpha value is 0.0900. The average molecular weight is 242 g/mol. The van der Waals surface area contributed by atoms with Crippen LogP contribution in [-0.2, 0) is 0 Å². The van der Waals surface area contributed by atoms with Crippen LogP contribution in [0.3, 0.4) is 0 Å². The van der Waals surface area contributed by atoms with Gasteiger partial charge in [-0.25, -0.2) is 0 Å². The molecule has 0 bridgehead atoms. The van der Waals surface area contributed by atoms with Crippen LogP contribution in [0.2, 0.25) is 0 Å². The second-order valence-electron chi connectivity index (χ2n) is 7.85. The highest BCUT2D eigenvalue weighted by molar-refractivity contribution is 7.81. The molecule has 0 amide bonds. The van der Waals surface area contributed by atoms with Crippen molar-refractivity contribution in [3.63, 3.8) is 0 Å². The molecule has 0 heterocycles. The van der Waals surface area contributed by atoms with E-state index >= 15 is 0 Å². The van der Waals surface area contributed by atoms with Gasteiger partial charge in [-0.1, -0.05) is 67.5 Å². The van der Waals surface area contributed by atoms with Crippen molar-refractivity contribution in [2.45, 2.75) is 66.6 Å². The van der Waals surface area contributed by atoms with Gasteiger partial charge < -0.3 is 0 Å². The maximum absolute atomic E-state index is 4.77. The fourth-order valence-electron chi connectivity index (χ4n) is 2.95. The number of rotatable bonds is 3. The summed E-state index contributed by atoms with van der Waals surface area (Å²) in [6.07, 6.45) is 1.07. The van der Waals surface area contributed by atoms with Crippen LogP contribution in [0.5, 0.6) is 0 Å².